The number of hydrogen-bond donors (Lipinski definition) is 0. The Morgan fingerprint density at radius 3 is 2.47 bits per heavy atom. The van der Waals surface area contributed by atoms with Gasteiger partial charge in [-0.3, -0.25) is 4.98 Å². The molecule has 2 aliphatic rings. The van der Waals surface area contributed by atoms with Crippen LogP contribution in [-0.2, 0) is 6.42 Å². The van der Waals surface area contributed by atoms with Gasteiger partial charge in [-0.1, -0.05) is 78.8 Å². The number of halogens is 1. The number of piperidine rings is 1. The molecule has 0 radical (unpaired) electrons. The van der Waals surface area contributed by atoms with Crippen LogP contribution in [-0.4, -0.2) is 43.2 Å². The lowest BCUT2D eigenvalue weighted by molar-refractivity contribution is 0.253. The van der Waals surface area contributed by atoms with E-state index in [4.69, 9.17) is 16.6 Å². The lowest BCUT2D eigenvalue weighted by atomic mass is 9.84. The Hall–Kier alpha value is -4.29. The van der Waals surface area contributed by atoms with Gasteiger partial charge in [0.25, 0.3) is 0 Å². The molecule has 5 aromatic rings. The van der Waals surface area contributed by atoms with Gasteiger partial charge in [0.2, 0.25) is 0 Å². The van der Waals surface area contributed by atoms with Gasteiger partial charge in [0.15, 0.2) is 0 Å². The molecule has 1 atom stereocenters. The van der Waals surface area contributed by atoms with Crippen LogP contribution >= 0.6 is 11.6 Å². The van der Waals surface area contributed by atoms with E-state index in [1.165, 1.54) is 48.1 Å². The van der Waals surface area contributed by atoms with Gasteiger partial charge in [-0.15, -0.1) is 5.10 Å². The number of tetrazole rings is 1. The van der Waals surface area contributed by atoms with Crippen LogP contribution in [0.3, 0.4) is 0 Å². The number of pyridine rings is 1. The predicted octanol–water partition coefficient (Wildman–Crippen LogP) is 7.86. The van der Waals surface area contributed by atoms with Gasteiger partial charge in [0, 0.05) is 52.7 Å². The second-order valence-electron chi connectivity index (χ2n) is 11.8. The van der Waals surface area contributed by atoms with Crippen LogP contribution < -0.4 is 0 Å². The molecule has 43 heavy (non-hydrogen) atoms. The maximum Gasteiger partial charge on any atom is 0.143 e. The Morgan fingerprint density at radius 2 is 1.74 bits per heavy atom. The van der Waals surface area contributed by atoms with E-state index in [1.807, 2.05) is 24.4 Å². The summed E-state index contributed by atoms with van der Waals surface area (Å²) in [6.45, 7) is 6.61. The molecule has 7 heteroatoms. The van der Waals surface area contributed by atoms with E-state index >= 15 is 0 Å². The van der Waals surface area contributed by atoms with Crippen molar-refractivity contribution in [3.63, 3.8) is 0 Å². The summed E-state index contributed by atoms with van der Waals surface area (Å²) < 4.78 is 1.65. The lowest BCUT2D eigenvalue weighted by Crippen LogP contribution is -2.32. The molecule has 2 fully saturated rings. The highest BCUT2D eigenvalue weighted by atomic mass is 35.5. The molecule has 1 aliphatic carbocycles. The fourth-order valence-electron chi connectivity index (χ4n) is 6.43. The molecule has 2 aromatic heterocycles. The number of aromatic nitrogens is 5. The molecule has 3 heterocycles. The Morgan fingerprint density at radius 1 is 0.907 bits per heavy atom. The minimum atomic E-state index is 0.129. The summed E-state index contributed by atoms with van der Waals surface area (Å²) in [5.41, 5.74) is 9.20. The Labute approximate surface area is 258 Å². The van der Waals surface area contributed by atoms with Crippen LogP contribution in [0.5, 0.6) is 0 Å². The number of rotatable bonds is 9. The van der Waals surface area contributed by atoms with Gasteiger partial charge in [0.05, 0.1) is 5.69 Å². The molecule has 0 bridgehead atoms. The van der Waals surface area contributed by atoms with Crippen molar-refractivity contribution in [2.45, 2.75) is 43.9 Å². The third-order valence-corrected chi connectivity index (χ3v) is 9.26. The molecule has 0 spiro atoms. The van der Waals surface area contributed by atoms with E-state index in [-0.39, 0.29) is 5.92 Å². The molecule has 1 saturated carbocycles. The number of likely N-dealkylation sites (tertiary alicyclic amines) is 1. The van der Waals surface area contributed by atoms with Crippen molar-refractivity contribution in [3.8, 4) is 16.8 Å². The normalized spacial score (nSPS) is 16.3. The Kier molecular flexibility index (Phi) is 7.77. The van der Waals surface area contributed by atoms with Gasteiger partial charge in [-0.2, -0.15) is 4.68 Å². The van der Waals surface area contributed by atoms with E-state index in [2.05, 4.69) is 93.7 Å². The molecule has 0 unspecified atom stereocenters. The average Bonchev–Trinajstić information content (AvgIpc) is 3.77. The number of allylic oxidation sites excluding steroid dienone is 1. The van der Waals surface area contributed by atoms with Crippen LogP contribution in [0, 0.1) is 5.92 Å². The van der Waals surface area contributed by atoms with Gasteiger partial charge < -0.3 is 4.90 Å². The van der Waals surface area contributed by atoms with E-state index in [0.29, 0.717) is 10.9 Å². The highest BCUT2D eigenvalue weighted by molar-refractivity contribution is 6.31. The highest BCUT2D eigenvalue weighted by Gasteiger charge is 2.31. The van der Waals surface area contributed by atoms with E-state index in [1.54, 1.807) is 11.0 Å². The number of nitrogens with zero attached hydrogens (tertiary/aromatic N) is 6. The van der Waals surface area contributed by atoms with Crippen molar-refractivity contribution < 1.29 is 0 Å². The largest absolute Gasteiger partial charge is 0.375 e. The van der Waals surface area contributed by atoms with Crippen LogP contribution in [0.15, 0.2) is 110 Å². The van der Waals surface area contributed by atoms with Gasteiger partial charge >= 0.3 is 0 Å². The number of hydrogen-bond acceptors (Lipinski definition) is 5. The van der Waals surface area contributed by atoms with Crippen LogP contribution in [0.1, 0.15) is 59.9 Å². The second-order valence-corrected chi connectivity index (χ2v) is 12.3. The summed E-state index contributed by atoms with van der Waals surface area (Å²) in [6, 6.07) is 30.0. The molecule has 1 aliphatic heterocycles. The average molecular weight is 587 g/mol. The first-order valence-electron chi connectivity index (χ1n) is 15.2. The fraction of sp³-hybridized carbons (Fsp3) is 0.278. The van der Waals surface area contributed by atoms with Crippen LogP contribution in [0.2, 0.25) is 5.02 Å². The van der Waals surface area contributed by atoms with Crippen molar-refractivity contribution in [1.82, 2.24) is 30.1 Å². The van der Waals surface area contributed by atoms with Crippen molar-refractivity contribution >= 4 is 11.6 Å². The van der Waals surface area contributed by atoms with Crippen LogP contribution in [0.25, 0.3) is 16.8 Å². The summed E-state index contributed by atoms with van der Waals surface area (Å²) in [6.07, 6.45) is 9.40. The SMILES string of the molecule is C=C(C1CC1)N1CCC(c2cccc([C@H](Cc3ccccc3)c3ccc(-c4cc(Cl)ccc4-n4cnnn4)cn3)c2)CC1. The molecule has 216 valence electrons. The van der Waals surface area contributed by atoms with Crippen molar-refractivity contribution in [2.24, 2.45) is 5.92 Å². The van der Waals surface area contributed by atoms with Gasteiger partial charge in [0.1, 0.15) is 6.33 Å². The first kappa shape index (κ1) is 27.5. The standard InChI is InChI=1S/C36H35ClN6/c1-25(27-10-11-27)42-18-16-28(17-19-42)29-8-5-9-30(21-29)33(20-26-6-3-2-4-7-26)35-14-12-31(23-38-35)34-22-32(37)13-15-36(34)43-24-39-40-41-43/h2-9,12-15,21-24,27-28,33H,1,10-11,16-20H2/t33-/m0/s1. The second kappa shape index (κ2) is 12.1. The maximum absolute atomic E-state index is 6.41. The Bertz CT molecular complexity index is 1690. The van der Waals surface area contributed by atoms with E-state index < -0.39 is 0 Å². The monoisotopic (exact) mass is 586 g/mol. The molecular weight excluding hydrogens is 552 g/mol. The van der Waals surface area contributed by atoms with Gasteiger partial charge in [-0.25, -0.2) is 0 Å². The summed E-state index contributed by atoms with van der Waals surface area (Å²) in [5.74, 6) is 1.44. The highest BCUT2D eigenvalue weighted by Crippen LogP contribution is 2.40. The lowest BCUT2D eigenvalue weighted by Gasteiger charge is -2.35. The zero-order valence-corrected chi connectivity index (χ0v) is 24.9. The minimum absolute atomic E-state index is 0.129. The van der Waals surface area contributed by atoms with E-state index in [0.717, 1.165) is 47.9 Å². The molecule has 0 amide bonds. The topological polar surface area (TPSA) is 59.7 Å². The molecule has 6 nitrogen and oxygen atoms in total. The molecule has 1 saturated heterocycles. The summed E-state index contributed by atoms with van der Waals surface area (Å²) in [7, 11) is 0. The molecule has 0 N–H and O–H groups in total. The summed E-state index contributed by atoms with van der Waals surface area (Å²) in [5, 5.41) is 12.4. The molecule has 3 aromatic carbocycles. The third kappa shape index (κ3) is 6.11. The number of benzene rings is 3. The van der Waals surface area contributed by atoms with Crippen LogP contribution in [0.4, 0.5) is 0 Å². The Balaban J connectivity index is 1.18. The van der Waals surface area contributed by atoms with Crippen molar-refractivity contribution in [1.29, 1.82) is 0 Å². The maximum atomic E-state index is 6.41. The molecule has 7 rings (SSSR count). The first-order chi connectivity index (χ1) is 21.1. The van der Waals surface area contributed by atoms with Crippen molar-refractivity contribution in [2.75, 3.05) is 13.1 Å². The van der Waals surface area contributed by atoms with Crippen molar-refractivity contribution in [3.05, 3.63) is 137 Å². The predicted molar refractivity (Wildman–Crippen MR) is 171 cm³/mol. The zero-order chi connectivity index (χ0) is 29.2. The summed E-state index contributed by atoms with van der Waals surface area (Å²) >= 11 is 6.41. The smallest absolute Gasteiger partial charge is 0.143 e. The minimum Gasteiger partial charge on any atom is -0.375 e. The quantitative estimate of drug-likeness (QED) is 0.176. The fourth-order valence-corrected chi connectivity index (χ4v) is 6.60. The first-order valence-corrected chi connectivity index (χ1v) is 15.6. The summed E-state index contributed by atoms with van der Waals surface area (Å²) in [4.78, 5) is 7.59. The zero-order valence-electron chi connectivity index (χ0n) is 24.2. The molecular formula is C36H35ClN6. The third-order valence-electron chi connectivity index (χ3n) is 9.03. The van der Waals surface area contributed by atoms with Gasteiger partial charge in [-0.05, 0) is 95.3 Å². The van der Waals surface area contributed by atoms with E-state index in [9.17, 15) is 0 Å².